The van der Waals surface area contributed by atoms with Crippen molar-refractivity contribution >= 4 is 17.9 Å². The van der Waals surface area contributed by atoms with E-state index in [1.54, 1.807) is 21.0 Å². The highest BCUT2D eigenvalue weighted by molar-refractivity contribution is 5.88. The van der Waals surface area contributed by atoms with E-state index in [4.69, 9.17) is 5.11 Å². The molecule has 0 aliphatic carbocycles. The number of likely N-dealkylation sites (N-methyl/N-ethyl adjacent to an activating group) is 1. The van der Waals surface area contributed by atoms with Crippen LogP contribution in [0, 0.1) is 5.92 Å². The summed E-state index contributed by atoms with van der Waals surface area (Å²) in [5, 5.41) is 13.8. The molecule has 7 heteroatoms. The Hall–Kier alpha value is -1.79. The molecular weight excluding hydrogens is 250 g/mol. The lowest BCUT2D eigenvalue weighted by Crippen LogP contribution is -2.52. The number of rotatable bonds is 6. The molecule has 0 rings (SSSR count). The number of carbonyl (C=O) groups is 3. The highest BCUT2D eigenvalue weighted by atomic mass is 16.4. The van der Waals surface area contributed by atoms with Gasteiger partial charge in [0.25, 0.3) is 0 Å². The maximum atomic E-state index is 11.6. The Kier molecular flexibility index (Phi) is 6.89. The molecule has 0 saturated heterocycles. The highest BCUT2D eigenvalue weighted by Gasteiger charge is 2.23. The third-order valence-electron chi connectivity index (χ3n) is 2.47. The van der Waals surface area contributed by atoms with Gasteiger partial charge < -0.3 is 20.6 Å². The molecule has 0 radical (unpaired) electrons. The first-order valence-electron chi connectivity index (χ1n) is 6.16. The minimum atomic E-state index is -1.09. The van der Waals surface area contributed by atoms with Gasteiger partial charge in [-0.05, 0) is 19.3 Å². The van der Waals surface area contributed by atoms with Crippen LogP contribution in [0.3, 0.4) is 0 Å². The number of urea groups is 1. The van der Waals surface area contributed by atoms with Crippen LogP contribution in [-0.4, -0.2) is 54.1 Å². The predicted octanol–water partition coefficient (Wildman–Crippen LogP) is 0.262. The molecule has 19 heavy (non-hydrogen) atoms. The summed E-state index contributed by atoms with van der Waals surface area (Å²) in [5.74, 6) is -1.21. The van der Waals surface area contributed by atoms with Crippen LogP contribution < -0.4 is 10.6 Å². The summed E-state index contributed by atoms with van der Waals surface area (Å²) in [7, 11) is 3.16. The van der Waals surface area contributed by atoms with Crippen LogP contribution in [0.2, 0.25) is 0 Å². The average molecular weight is 273 g/mol. The van der Waals surface area contributed by atoms with Crippen molar-refractivity contribution in [2.75, 3.05) is 14.1 Å². The molecule has 0 heterocycles. The first-order chi connectivity index (χ1) is 8.65. The monoisotopic (exact) mass is 273 g/mol. The number of hydrogen-bond donors (Lipinski definition) is 3. The Morgan fingerprint density at radius 2 is 1.63 bits per heavy atom. The number of nitrogens with zero attached hydrogens (tertiary/aromatic N) is 1. The summed E-state index contributed by atoms with van der Waals surface area (Å²) in [6.45, 7) is 5.28. The lowest BCUT2D eigenvalue weighted by molar-refractivity contribution is -0.139. The van der Waals surface area contributed by atoms with Crippen molar-refractivity contribution in [1.82, 2.24) is 15.5 Å². The average Bonchev–Trinajstić information content (AvgIpc) is 2.25. The van der Waals surface area contributed by atoms with E-state index in [0.717, 1.165) is 0 Å². The Labute approximate surface area is 113 Å². The Morgan fingerprint density at radius 1 is 1.11 bits per heavy atom. The van der Waals surface area contributed by atoms with Gasteiger partial charge in [-0.15, -0.1) is 0 Å². The molecule has 3 amide bonds. The van der Waals surface area contributed by atoms with Gasteiger partial charge in [0.1, 0.15) is 12.1 Å². The summed E-state index contributed by atoms with van der Waals surface area (Å²) in [4.78, 5) is 35.5. The molecule has 7 nitrogen and oxygen atoms in total. The van der Waals surface area contributed by atoms with Gasteiger partial charge in [-0.2, -0.15) is 0 Å². The second kappa shape index (κ2) is 7.60. The molecule has 0 aromatic rings. The van der Waals surface area contributed by atoms with Crippen LogP contribution in [0.5, 0.6) is 0 Å². The van der Waals surface area contributed by atoms with Crippen LogP contribution in [0.25, 0.3) is 0 Å². The highest BCUT2D eigenvalue weighted by Crippen LogP contribution is 2.04. The second-order valence-corrected chi connectivity index (χ2v) is 5.09. The third-order valence-corrected chi connectivity index (χ3v) is 2.47. The van der Waals surface area contributed by atoms with Gasteiger partial charge in [0.05, 0.1) is 0 Å². The zero-order valence-corrected chi connectivity index (χ0v) is 12.1. The van der Waals surface area contributed by atoms with Crippen molar-refractivity contribution in [3.8, 4) is 0 Å². The predicted molar refractivity (Wildman–Crippen MR) is 70.7 cm³/mol. The molecule has 0 bridgehead atoms. The van der Waals surface area contributed by atoms with Crippen molar-refractivity contribution in [2.24, 2.45) is 5.92 Å². The first-order valence-corrected chi connectivity index (χ1v) is 6.16. The maximum absolute atomic E-state index is 11.6. The summed E-state index contributed by atoms with van der Waals surface area (Å²) in [6, 6.07) is -2.32. The van der Waals surface area contributed by atoms with Gasteiger partial charge in [0, 0.05) is 14.1 Å². The van der Waals surface area contributed by atoms with Crippen molar-refractivity contribution < 1.29 is 19.5 Å². The van der Waals surface area contributed by atoms with Gasteiger partial charge in [-0.25, -0.2) is 9.59 Å². The molecule has 2 atom stereocenters. The summed E-state index contributed by atoms with van der Waals surface area (Å²) >= 11 is 0. The number of amides is 3. The number of carbonyl (C=O) groups excluding carboxylic acids is 2. The molecule has 0 aliphatic rings. The Bertz CT molecular complexity index is 342. The van der Waals surface area contributed by atoms with Gasteiger partial charge in [0.15, 0.2) is 0 Å². The fourth-order valence-electron chi connectivity index (χ4n) is 1.54. The van der Waals surface area contributed by atoms with Crippen molar-refractivity contribution in [1.29, 1.82) is 0 Å². The van der Waals surface area contributed by atoms with Crippen LogP contribution in [0.1, 0.15) is 27.2 Å². The maximum Gasteiger partial charge on any atom is 0.326 e. The van der Waals surface area contributed by atoms with Gasteiger partial charge >= 0.3 is 12.0 Å². The minimum absolute atomic E-state index is 0.141. The van der Waals surface area contributed by atoms with Gasteiger partial charge in [-0.3, -0.25) is 4.79 Å². The number of aliphatic carboxylic acids is 1. The van der Waals surface area contributed by atoms with E-state index in [1.165, 1.54) is 4.90 Å². The lowest BCUT2D eigenvalue weighted by Gasteiger charge is -2.21. The molecular formula is C12H23N3O4. The summed E-state index contributed by atoms with van der Waals surface area (Å²) in [5.41, 5.74) is 0. The van der Waals surface area contributed by atoms with E-state index in [9.17, 15) is 14.4 Å². The summed E-state index contributed by atoms with van der Waals surface area (Å²) in [6.07, 6.45) is 0.332. The summed E-state index contributed by atoms with van der Waals surface area (Å²) < 4.78 is 0. The van der Waals surface area contributed by atoms with Gasteiger partial charge in [0.2, 0.25) is 5.91 Å². The van der Waals surface area contributed by atoms with Crippen LogP contribution >= 0.6 is 0 Å². The topological polar surface area (TPSA) is 98.7 Å². The normalized spacial score (nSPS) is 13.6. The molecule has 0 aromatic heterocycles. The van der Waals surface area contributed by atoms with Crippen LogP contribution in [0.4, 0.5) is 4.79 Å². The van der Waals surface area contributed by atoms with Crippen molar-refractivity contribution in [3.05, 3.63) is 0 Å². The smallest absolute Gasteiger partial charge is 0.326 e. The fraction of sp³-hybridized carbons (Fsp3) is 0.750. The number of carboxylic acid groups (broad SMARTS) is 1. The van der Waals surface area contributed by atoms with E-state index < -0.39 is 24.1 Å². The molecule has 0 spiro atoms. The Balaban J connectivity index is 4.42. The lowest BCUT2D eigenvalue weighted by atomic mass is 10.0. The largest absolute Gasteiger partial charge is 0.480 e. The van der Waals surface area contributed by atoms with E-state index in [-0.39, 0.29) is 11.8 Å². The van der Waals surface area contributed by atoms with Gasteiger partial charge in [-0.1, -0.05) is 13.8 Å². The molecule has 0 saturated carbocycles. The second-order valence-electron chi connectivity index (χ2n) is 5.09. The molecule has 3 N–H and O–H groups in total. The quantitative estimate of drug-likeness (QED) is 0.646. The molecule has 110 valence electrons. The van der Waals surface area contributed by atoms with Crippen LogP contribution in [0.15, 0.2) is 0 Å². The van der Waals surface area contributed by atoms with E-state index in [1.807, 2.05) is 13.8 Å². The molecule has 0 aromatic carbocycles. The van der Waals surface area contributed by atoms with E-state index in [0.29, 0.717) is 6.42 Å². The standard InChI is InChI=1S/C12H23N3O4/c1-7(2)6-9(11(17)18)14-12(19)13-8(3)10(16)15(4)5/h7-9H,6H2,1-5H3,(H,17,18)(H2,13,14,19)/t8?,9-/m0/s1. The number of carboxylic acids is 1. The van der Waals surface area contributed by atoms with E-state index >= 15 is 0 Å². The molecule has 1 unspecified atom stereocenters. The first kappa shape index (κ1) is 17.2. The van der Waals surface area contributed by atoms with Crippen LogP contribution in [-0.2, 0) is 9.59 Å². The number of hydrogen-bond acceptors (Lipinski definition) is 3. The van der Waals surface area contributed by atoms with Crippen molar-refractivity contribution in [3.63, 3.8) is 0 Å². The number of nitrogens with one attached hydrogen (secondary N) is 2. The SMILES string of the molecule is CC(C)C[C@H](NC(=O)NC(C)C(=O)N(C)C)C(=O)O. The zero-order valence-electron chi connectivity index (χ0n) is 12.1. The minimum Gasteiger partial charge on any atom is -0.480 e. The van der Waals surface area contributed by atoms with Crippen molar-refractivity contribution in [2.45, 2.75) is 39.3 Å². The molecule has 0 aliphatic heterocycles. The van der Waals surface area contributed by atoms with E-state index in [2.05, 4.69) is 10.6 Å². The molecule has 0 fully saturated rings. The third kappa shape index (κ3) is 6.64. The fourth-order valence-corrected chi connectivity index (χ4v) is 1.54. The Morgan fingerprint density at radius 3 is 2.00 bits per heavy atom. The zero-order chi connectivity index (χ0) is 15.2.